The number of rotatable bonds is 10. The Hall–Kier alpha value is -5.84. The van der Waals surface area contributed by atoms with E-state index in [1.54, 1.807) is 36.5 Å². The molecule has 6 N–H and O–H groups in total. The summed E-state index contributed by atoms with van der Waals surface area (Å²) in [5.41, 5.74) is 4.98. The number of ether oxygens (including phenoxy) is 2. The summed E-state index contributed by atoms with van der Waals surface area (Å²) in [5, 5.41) is 22.0. The number of pyridine rings is 2. The quantitative estimate of drug-likeness (QED) is 0.0984. The Morgan fingerprint density at radius 2 is 1.10 bits per heavy atom. The van der Waals surface area contributed by atoms with Crippen LogP contribution in [-0.4, -0.2) is 86.6 Å². The second-order valence-electron chi connectivity index (χ2n) is 15.4. The van der Waals surface area contributed by atoms with E-state index in [-0.39, 0.29) is 33.7 Å². The summed E-state index contributed by atoms with van der Waals surface area (Å²) in [5.74, 6) is 4.51. The van der Waals surface area contributed by atoms with Gasteiger partial charge in [-0.2, -0.15) is 0 Å². The van der Waals surface area contributed by atoms with Gasteiger partial charge in [-0.15, -0.1) is 13.2 Å². The Morgan fingerprint density at radius 1 is 0.683 bits per heavy atom. The van der Waals surface area contributed by atoms with E-state index in [0.29, 0.717) is 48.6 Å². The molecular formula is C40H37B2F3N6O10S2. The molecule has 63 heavy (non-hydrogen) atoms. The molecular weight excluding hydrogens is 867 g/mol. The molecule has 0 bridgehead atoms. The molecule has 0 spiro atoms. The molecule has 2 aromatic carbocycles. The monoisotopic (exact) mass is 904 g/mol. The average Bonchev–Trinajstić information content (AvgIpc) is 3.90. The molecule has 0 atom stereocenters. The van der Waals surface area contributed by atoms with Crippen LogP contribution in [0.5, 0.6) is 23.0 Å². The fourth-order valence-electron chi connectivity index (χ4n) is 8.32. The van der Waals surface area contributed by atoms with Crippen LogP contribution in [0.4, 0.5) is 13.2 Å². The van der Waals surface area contributed by atoms with Crippen molar-refractivity contribution in [2.45, 2.75) is 53.9 Å². The normalized spacial score (nSPS) is 20.7. The van der Waals surface area contributed by atoms with E-state index in [4.69, 9.17) is 14.0 Å². The molecule has 4 aromatic heterocycles. The Kier molecular flexibility index (Phi) is 11.0. The van der Waals surface area contributed by atoms with Crippen molar-refractivity contribution in [1.82, 2.24) is 29.4 Å². The van der Waals surface area contributed by atoms with Crippen molar-refractivity contribution >= 4 is 67.5 Å². The average molecular weight is 905 g/mol. The highest BCUT2D eigenvalue weighted by atomic mass is 32.2. The first-order valence-corrected chi connectivity index (χ1v) is 22.6. The summed E-state index contributed by atoms with van der Waals surface area (Å²) in [6.07, 6.45) is 4.11. The summed E-state index contributed by atoms with van der Waals surface area (Å²) < 4.78 is 113. The van der Waals surface area contributed by atoms with Crippen LogP contribution in [-0.2, 0) is 20.0 Å². The van der Waals surface area contributed by atoms with Crippen LogP contribution in [0.15, 0.2) is 107 Å². The molecule has 2 saturated carbocycles. The van der Waals surface area contributed by atoms with Crippen LogP contribution in [0.2, 0.25) is 0 Å². The zero-order valence-electron chi connectivity index (χ0n) is 33.0. The minimum atomic E-state index is -4.85. The number of alkyl halides is 3. The van der Waals surface area contributed by atoms with Crippen molar-refractivity contribution in [2.75, 3.05) is 7.11 Å². The molecule has 2 aliphatic heterocycles. The van der Waals surface area contributed by atoms with Gasteiger partial charge in [0.15, 0.2) is 0 Å². The van der Waals surface area contributed by atoms with E-state index in [1.807, 2.05) is 18.3 Å². The standard InChI is InChI=1S/C20H17BF3N3O5S.C20H20BN3O5S/c22-20(23,24)31-13-1-3-14(4-2-13)33(29,30)27-12-7-11(8-12)16-9-21(28)32-17-10-26-19-15(18(16)17)5-6-25-19;1-28-14-2-4-15(5-3-14)30(26,27)24-13-8-12(9-13)17-10-21(25)29-18-11-23-20-16(19(17)18)6-7-22-20/h1-6,9-12,27-28H,7-8H2,(H,25,26);2-7,10-13,24-25H,8-9H2,1H3,(H,22,23). The number of hydrogen-bond donors (Lipinski definition) is 6. The minimum absolute atomic E-state index is 0.0157. The Morgan fingerprint density at radius 3 is 1.49 bits per heavy atom. The van der Waals surface area contributed by atoms with Gasteiger partial charge in [0.1, 0.15) is 34.3 Å². The molecule has 2 fully saturated rings. The third kappa shape index (κ3) is 8.76. The number of H-pyrrole nitrogens is 2. The predicted octanol–water partition coefficient (Wildman–Crippen LogP) is 5.14. The van der Waals surface area contributed by atoms with Gasteiger partial charge in [0.05, 0.1) is 29.3 Å². The fraction of sp³-hybridized carbons (Fsp3) is 0.250. The molecule has 23 heteroatoms. The first kappa shape index (κ1) is 42.5. The number of hydrogen-bond acceptors (Lipinski definition) is 12. The van der Waals surface area contributed by atoms with Gasteiger partial charge < -0.3 is 38.8 Å². The Balaban J connectivity index is 0.000000161. The highest BCUT2D eigenvalue weighted by Crippen LogP contribution is 2.48. The largest absolute Gasteiger partial charge is 0.573 e. The second kappa shape index (κ2) is 16.4. The fourth-order valence-corrected chi connectivity index (χ4v) is 10.8. The number of benzene rings is 2. The zero-order chi connectivity index (χ0) is 44.3. The molecule has 6 aromatic rings. The minimum Gasteiger partial charge on any atom is -0.531 e. The summed E-state index contributed by atoms with van der Waals surface area (Å²) >= 11 is 0. The van der Waals surface area contributed by atoms with Crippen molar-refractivity contribution in [3.63, 3.8) is 0 Å². The summed E-state index contributed by atoms with van der Waals surface area (Å²) in [7, 11) is -8.17. The van der Waals surface area contributed by atoms with Crippen molar-refractivity contribution < 1.29 is 58.8 Å². The van der Waals surface area contributed by atoms with E-state index in [0.717, 1.165) is 63.0 Å². The lowest BCUT2D eigenvalue weighted by Crippen LogP contribution is -2.45. The number of methoxy groups -OCH3 is 1. The van der Waals surface area contributed by atoms with Gasteiger partial charge in [-0.1, -0.05) is 0 Å². The summed E-state index contributed by atoms with van der Waals surface area (Å²) in [4.78, 5) is 14.7. The van der Waals surface area contributed by atoms with Crippen molar-refractivity contribution in [3.05, 3.63) is 109 Å². The maximum atomic E-state index is 12.7. The van der Waals surface area contributed by atoms with Crippen LogP contribution in [0, 0.1) is 11.8 Å². The van der Waals surface area contributed by atoms with E-state index in [2.05, 4.69) is 34.1 Å². The number of allylic oxidation sites excluding steroid dienone is 2. The van der Waals surface area contributed by atoms with Gasteiger partial charge in [-0.05, 0) is 121 Å². The highest BCUT2D eigenvalue weighted by Gasteiger charge is 2.41. The van der Waals surface area contributed by atoms with Gasteiger partial charge in [0.25, 0.3) is 0 Å². The topological polar surface area (TPSA) is 227 Å². The number of sulfonamides is 2. The Bertz CT molecular complexity index is 2970. The lowest BCUT2D eigenvalue weighted by Gasteiger charge is -2.39. The number of nitrogens with one attached hydrogen (secondary N) is 4. The van der Waals surface area contributed by atoms with E-state index >= 15 is 0 Å². The third-order valence-electron chi connectivity index (χ3n) is 11.4. The molecule has 10 rings (SSSR count). The van der Waals surface area contributed by atoms with Crippen LogP contribution in [0.1, 0.15) is 36.8 Å². The van der Waals surface area contributed by atoms with Crippen molar-refractivity contribution in [2.24, 2.45) is 11.8 Å². The number of aromatic amines is 2. The second-order valence-corrected chi connectivity index (χ2v) is 18.8. The Labute approximate surface area is 358 Å². The summed E-state index contributed by atoms with van der Waals surface area (Å²) in [6, 6.07) is 13.6. The van der Waals surface area contributed by atoms with Crippen molar-refractivity contribution in [3.8, 4) is 23.0 Å². The van der Waals surface area contributed by atoms with Gasteiger partial charge in [-0.3, -0.25) is 0 Å². The van der Waals surface area contributed by atoms with Crippen LogP contribution in [0.25, 0.3) is 33.2 Å². The lowest BCUT2D eigenvalue weighted by atomic mass is 9.68. The highest BCUT2D eigenvalue weighted by molar-refractivity contribution is 7.89. The number of nitrogens with zero attached hydrogens (tertiary/aromatic N) is 2. The first-order chi connectivity index (χ1) is 30.0. The molecule has 16 nitrogen and oxygen atoms in total. The first-order valence-electron chi connectivity index (χ1n) is 19.6. The molecule has 0 amide bonds. The molecule has 6 heterocycles. The van der Waals surface area contributed by atoms with E-state index in [1.165, 1.54) is 25.4 Å². The maximum Gasteiger partial charge on any atom is 0.573 e. The van der Waals surface area contributed by atoms with E-state index < -0.39 is 46.4 Å². The van der Waals surface area contributed by atoms with Gasteiger partial charge in [-0.25, -0.2) is 36.2 Å². The molecule has 326 valence electrons. The number of halogens is 3. The van der Waals surface area contributed by atoms with Crippen LogP contribution < -0.4 is 28.2 Å². The number of fused-ring (bicyclic) bond motifs is 6. The molecule has 0 radical (unpaired) electrons. The van der Waals surface area contributed by atoms with Gasteiger partial charge in [0, 0.05) is 46.4 Å². The smallest absolute Gasteiger partial charge is 0.531 e. The third-order valence-corrected chi connectivity index (χ3v) is 14.4. The van der Waals surface area contributed by atoms with Crippen LogP contribution >= 0.6 is 0 Å². The van der Waals surface area contributed by atoms with E-state index in [9.17, 15) is 40.1 Å². The van der Waals surface area contributed by atoms with Gasteiger partial charge in [0.2, 0.25) is 20.0 Å². The van der Waals surface area contributed by atoms with Crippen molar-refractivity contribution in [1.29, 1.82) is 0 Å². The maximum absolute atomic E-state index is 12.7. The lowest BCUT2D eigenvalue weighted by molar-refractivity contribution is -0.274. The zero-order valence-corrected chi connectivity index (χ0v) is 34.7. The van der Waals surface area contributed by atoms with Gasteiger partial charge >= 0.3 is 20.6 Å². The SMILES string of the molecule is COc1ccc(S(=O)(=O)NC2CC(C3=CB(O)Oc4cnc5[nH]ccc5c43)C2)cc1.O=S(=O)(NC1CC(C2=CB(O)Oc3cnc4[nH]ccc4c32)C1)c1ccc(OC(F)(F)F)cc1. The number of aromatic nitrogens is 4. The van der Waals surface area contributed by atoms with Crippen LogP contribution in [0.3, 0.4) is 0 Å². The molecule has 0 saturated heterocycles. The molecule has 2 aliphatic carbocycles. The predicted molar refractivity (Wildman–Crippen MR) is 225 cm³/mol. The molecule has 4 aliphatic rings. The summed E-state index contributed by atoms with van der Waals surface area (Å²) in [6.45, 7) is 0. The molecule has 0 unspecified atom stereocenters.